The summed E-state index contributed by atoms with van der Waals surface area (Å²) in [6.07, 6.45) is 2.30. The first-order valence-corrected chi connectivity index (χ1v) is 9.53. The summed E-state index contributed by atoms with van der Waals surface area (Å²) in [6.45, 7) is 5.40. The largest absolute Gasteiger partial charge is 0.490 e. The van der Waals surface area contributed by atoms with Crippen LogP contribution in [0, 0.1) is 11.8 Å². The molecule has 0 N–H and O–H groups in total. The standard InChI is InChI=1S/C20H25NO5/c1-3-24-13-6-5-12(11-16(13)25-4-2)9-10-21-19(22)17-14-7-8-15(26-14)18(17)20(21)23/h5-6,11,14-15,17-18H,3-4,7-10H2,1-2H3/t14-,15-,17-,18-/m0/s1. The summed E-state index contributed by atoms with van der Waals surface area (Å²) in [4.78, 5) is 26.8. The maximum atomic E-state index is 12.7. The van der Waals surface area contributed by atoms with Crippen LogP contribution in [0.1, 0.15) is 32.3 Å². The lowest BCUT2D eigenvalue weighted by Crippen LogP contribution is -2.35. The Labute approximate surface area is 153 Å². The molecule has 6 heteroatoms. The van der Waals surface area contributed by atoms with E-state index in [1.54, 1.807) is 0 Å². The van der Waals surface area contributed by atoms with Gasteiger partial charge >= 0.3 is 0 Å². The molecule has 3 aliphatic rings. The molecule has 1 aromatic carbocycles. The topological polar surface area (TPSA) is 65.1 Å². The summed E-state index contributed by atoms with van der Waals surface area (Å²) in [5, 5.41) is 0. The quantitative estimate of drug-likeness (QED) is 0.698. The number of nitrogens with zero attached hydrogens (tertiary/aromatic N) is 1. The van der Waals surface area contributed by atoms with Gasteiger partial charge in [-0.3, -0.25) is 14.5 Å². The van der Waals surface area contributed by atoms with E-state index in [1.807, 2.05) is 32.0 Å². The number of fused-ring (bicyclic) bond motifs is 5. The van der Waals surface area contributed by atoms with Crippen molar-refractivity contribution in [3.05, 3.63) is 23.8 Å². The van der Waals surface area contributed by atoms with Crippen LogP contribution in [0.15, 0.2) is 18.2 Å². The number of benzene rings is 1. The molecule has 0 aromatic heterocycles. The Morgan fingerprint density at radius 1 is 1.00 bits per heavy atom. The van der Waals surface area contributed by atoms with E-state index in [2.05, 4.69) is 0 Å². The molecule has 140 valence electrons. The summed E-state index contributed by atoms with van der Waals surface area (Å²) in [7, 11) is 0. The average Bonchev–Trinajstić information content (AvgIpc) is 3.30. The molecular formula is C20H25NO5. The molecule has 3 aliphatic heterocycles. The normalized spacial score (nSPS) is 29.4. The van der Waals surface area contributed by atoms with E-state index in [1.165, 1.54) is 4.90 Å². The van der Waals surface area contributed by atoms with E-state index >= 15 is 0 Å². The number of hydrogen-bond donors (Lipinski definition) is 0. The van der Waals surface area contributed by atoms with Gasteiger partial charge in [-0.25, -0.2) is 0 Å². The van der Waals surface area contributed by atoms with Gasteiger partial charge in [0.1, 0.15) is 0 Å². The molecule has 2 amide bonds. The van der Waals surface area contributed by atoms with E-state index < -0.39 is 0 Å². The van der Waals surface area contributed by atoms with Crippen LogP contribution in [-0.4, -0.2) is 48.7 Å². The van der Waals surface area contributed by atoms with Crippen molar-refractivity contribution in [1.82, 2.24) is 4.90 Å². The van der Waals surface area contributed by atoms with E-state index in [0.29, 0.717) is 31.9 Å². The van der Waals surface area contributed by atoms with Crippen LogP contribution >= 0.6 is 0 Å². The molecule has 0 saturated carbocycles. The third-order valence-corrected chi connectivity index (χ3v) is 5.61. The summed E-state index contributed by atoms with van der Waals surface area (Å²) < 4.78 is 17.0. The van der Waals surface area contributed by atoms with Gasteiger partial charge in [0, 0.05) is 6.54 Å². The second kappa shape index (κ2) is 6.91. The van der Waals surface area contributed by atoms with Crippen LogP contribution in [0.3, 0.4) is 0 Å². The summed E-state index contributed by atoms with van der Waals surface area (Å²) >= 11 is 0. The number of imide groups is 1. The highest BCUT2D eigenvalue weighted by atomic mass is 16.5. The van der Waals surface area contributed by atoms with Gasteiger partial charge < -0.3 is 14.2 Å². The molecule has 3 heterocycles. The second-order valence-corrected chi connectivity index (χ2v) is 7.07. The van der Waals surface area contributed by atoms with Crippen LogP contribution in [0.2, 0.25) is 0 Å². The van der Waals surface area contributed by atoms with Gasteiger partial charge in [-0.05, 0) is 50.8 Å². The van der Waals surface area contributed by atoms with Crippen LogP contribution in [-0.2, 0) is 20.7 Å². The van der Waals surface area contributed by atoms with Crippen molar-refractivity contribution in [2.75, 3.05) is 19.8 Å². The first-order chi connectivity index (χ1) is 12.6. The van der Waals surface area contributed by atoms with Gasteiger partial charge in [0.25, 0.3) is 0 Å². The predicted molar refractivity (Wildman–Crippen MR) is 94.1 cm³/mol. The molecule has 2 bridgehead atoms. The van der Waals surface area contributed by atoms with Crippen molar-refractivity contribution >= 4 is 11.8 Å². The van der Waals surface area contributed by atoms with Crippen LogP contribution in [0.4, 0.5) is 0 Å². The van der Waals surface area contributed by atoms with Crippen molar-refractivity contribution in [3.63, 3.8) is 0 Å². The smallest absolute Gasteiger partial charge is 0.235 e. The Morgan fingerprint density at radius 2 is 1.62 bits per heavy atom. The molecular weight excluding hydrogens is 334 g/mol. The van der Waals surface area contributed by atoms with E-state index in [9.17, 15) is 9.59 Å². The van der Waals surface area contributed by atoms with Crippen LogP contribution in [0.25, 0.3) is 0 Å². The van der Waals surface area contributed by atoms with Crippen LogP contribution < -0.4 is 9.47 Å². The fourth-order valence-electron chi connectivity index (χ4n) is 4.49. The van der Waals surface area contributed by atoms with Gasteiger partial charge in [-0.2, -0.15) is 0 Å². The SMILES string of the molecule is CCOc1ccc(CCN2C(=O)[C@@H]3[C@@H](C2=O)[C@@H]2CC[C@@H]3O2)cc1OCC. The minimum absolute atomic E-state index is 0.0526. The number of hydrogen-bond acceptors (Lipinski definition) is 5. The van der Waals surface area contributed by atoms with E-state index in [-0.39, 0.29) is 35.9 Å². The van der Waals surface area contributed by atoms with Crippen molar-refractivity contribution in [2.45, 2.75) is 45.3 Å². The van der Waals surface area contributed by atoms with Gasteiger partial charge in [-0.1, -0.05) is 6.07 Å². The van der Waals surface area contributed by atoms with E-state index in [0.717, 1.165) is 24.2 Å². The summed E-state index contributed by atoms with van der Waals surface area (Å²) in [5.74, 6) is 0.816. The Balaban J connectivity index is 1.45. The highest BCUT2D eigenvalue weighted by Crippen LogP contribution is 2.48. The van der Waals surface area contributed by atoms with Crippen molar-refractivity contribution in [3.8, 4) is 11.5 Å². The summed E-state index contributed by atoms with van der Waals surface area (Å²) in [5.41, 5.74) is 1.02. The fourth-order valence-corrected chi connectivity index (χ4v) is 4.49. The molecule has 4 rings (SSSR count). The molecule has 26 heavy (non-hydrogen) atoms. The molecule has 0 unspecified atom stereocenters. The molecule has 0 spiro atoms. The third-order valence-electron chi connectivity index (χ3n) is 5.61. The number of rotatable bonds is 7. The molecule has 6 nitrogen and oxygen atoms in total. The molecule has 3 saturated heterocycles. The lowest BCUT2D eigenvalue weighted by atomic mass is 9.81. The van der Waals surface area contributed by atoms with Crippen LogP contribution in [0.5, 0.6) is 11.5 Å². The number of carbonyl (C=O) groups excluding carboxylic acids is 2. The number of amides is 2. The lowest BCUT2D eigenvalue weighted by Gasteiger charge is -2.18. The molecule has 3 fully saturated rings. The molecule has 4 atom stereocenters. The van der Waals surface area contributed by atoms with Gasteiger partial charge in [0.05, 0.1) is 37.3 Å². The second-order valence-electron chi connectivity index (χ2n) is 7.07. The average molecular weight is 359 g/mol. The highest BCUT2D eigenvalue weighted by molar-refractivity contribution is 6.06. The zero-order valence-electron chi connectivity index (χ0n) is 15.3. The minimum Gasteiger partial charge on any atom is -0.490 e. The zero-order valence-corrected chi connectivity index (χ0v) is 15.3. The maximum absolute atomic E-state index is 12.7. The van der Waals surface area contributed by atoms with E-state index in [4.69, 9.17) is 14.2 Å². The van der Waals surface area contributed by atoms with Gasteiger partial charge in [0.2, 0.25) is 11.8 Å². The molecule has 0 radical (unpaired) electrons. The van der Waals surface area contributed by atoms with Crippen molar-refractivity contribution in [1.29, 1.82) is 0 Å². The monoisotopic (exact) mass is 359 g/mol. The molecule has 1 aromatic rings. The van der Waals surface area contributed by atoms with Crippen molar-refractivity contribution in [2.24, 2.45) is 11.8 Å². The first-order valence-electron chi connectivity index (χ1n) is 9.53. The third kappa shape index (κ3) is 2.76. The predicted octanol–water partition coefficient (Wildman–Crippen LogP) is 2.19. The Hall–Kier alpha value is -2.08. The van der Waals surface area contributed by atoms with Crippen molar-refractivity contribution < 1.29 is 23.8 Å². The molecule has 0 aliphatic carbocycles. The lowest BCUT2D eigenvalue weighted by molar-refractivity contribution is -0.142. The summed E-state index contributed by atoms with van der Waals surface area (Å²) in [6, 6.07) is 5.79. The number of ether oxygens (including phenoxy) is 3. The number of carbonyl (C=O) groups is 2. The van der Waals surface area contributed by atoms with Gasteiger partial charge in [0.15, 0.2) is 11.5 Å². The Morgan fingerprint density at radius 3 is 2.23 bits per heavy atom. The Bertz CT molecular complexity index is 690. The highest BCUT2D eigenvalue weighted by Gasteiger charge is 2.62. The Kier molecular flexibility index (Phi) is 4.61. The number of likely N-dealkylation sites (tertiary alicyclic amines) is 1. The first kappa shape index (κ1) is 17.3. The van der Waals surface area contributed by atoms with Gasteiger partial charge in [-0.15, -0.1) is 0 Å². The maximum Gasteiger partial charge on any atom is 0.235 e. The zero-order chi connectivity index (χ0) is 18.3. The fraction of sp³-hybridized carbons (Fsp3) is 0.600. The minimum atomic E-state index is -0.249.